The van der Waals surface area contributed by atoms with Gasteiger partial charge in [-0.2, -0.15) is 0 Å². The predicted molar refractivity (Wildman–Crippen MR) is 121 cm³/mol. The van der Waals surface area contributed by atoms with Crippen LogP contribution >= 0.6 is 11.8 Å². The van der Waals surface area contributed by atoms with Crippen LogP contribution in [0, 0.1) is 0 Å². The Bertz CT molecular complexity index is 960. The van der Waals surface area contributed by atoms with Gasteiger partial charge in [0, 0.05) is 41.4 Å². The largest absolute Gasteiger partial charge is 0.378 e. The van der Waals surface area contributed by atoms with E-state index in [0.29, 0.717) is 6.42 Å². The second-order valence-corrected chi connectivity index (χ2v) is 8.09. The topological polar surface area (TPSA) is 67.4 Å². The normalized spacial score (nSPS) is 13.8. The Labute approximate surface area is 180 Å². The van der Waals surface area contributed by atoms with E-state index in [1.165, 1.54) is 4.90 Å². The molecular weight excluding hydrogens is 396 g/mol. The highest BCUT2D eigenvalue weighted by atomic mass is 32.2. The third-order valence-electron chi connectivity index (χ3n) is 4.77. The van der Waals surface area contributed by atoms with Gasteiger partial charge in [0.2, 0.25) is 5.91 Å². The van der Waals surface area contributed by atoms with Crippen molar-refractivity contribution in [3.8, 4) is 11.3 Å². The van der Waals surface area contributed by atoms with E-state index in [0.717, 1.165) is 54.8 Å². The van der Waals surface area contributed by atoms with Crippen molar-refractivity contribution >= 4 is 29.2 Å². The van der Waals surface area contributed by atoms with Crippen molar-refractivity contribution in [2.75, 3.05) is 42.3 Å². The summed E-state index contributed by atoms with van der Waals surface area (Å²) < 4.78 is 5.38. The fraction of sp³-hybridized carbons (Fsp3) is 0.261. The van der Waals surface area contributed by atoms with Crippen LogP contribution in [0.3, 0.4) is 0 Å². The van der Waals surface area contributed by atoms with Crippen LogP contribution in [0.15, 0.2) is 71.6 Å². The number of hydrogen-bond acceptors (Lipinski definition) is 6. The molecule has 154 valence electrons. The molecule has 1 aliphatic rings. The third-order valence-corrected chi connectivity index (χ3v) is 5.78. The third kappa shape index (κ3) is 5.58. The number of hydrogen-bond donors (Lipinski definition) is 1. The van der Waals surface area contributed by atoms with Gasteiger partial charge in [-0.3, -0.25) is 4.79 Å². The van der Waals surface area contributed by atoms with E-state index in [1.807, 2.05) is 54.6 Å². The Balaban J connectivity index is 1.33. The van der Waals surface area contributed by atoms with E-state index in [9.17, 15) is 4.79 Å². The summed E-state index contributed by atoms with van der Waals surface area (Å²) in [6.07, 6.45) is 0.456. The summed E-state index contributed by atoms with van der Waals surface area (Å²) in [4.78, 5) is 15.6. The summed E-state index contributed by atoms with van der Waals surface area (Å²) >= 11 is 1.68. The SMILES string of the molecule is O=C(CCSc1ccccc1)Nc1cccc(-c2ccc(N3CCOCC3)nn2)c1. The minimum atomic E-state index is 0.00401. The highest BCUT2D eigenvalue weighted by Gasteiger charge is 2.13. The lowest BCUT2D eigenvalue weighted by atomic mass is 10.1. The van der Waals surface area contributed by atoms with Gasteiger partial charge in [0.1, 0.15) is 0 Å². The molecule has 3 aromatic rings. The number of morpholine rings is 1. The van der Waals surface area contributed by atoms with Crippen LogP contribution in [-0.4, -0.2) is 48.2 Å². The van der Waals surface area contributed by atoms with Gasteiger partial charge in [0.05, 0.1) is 18.9 Å². The van der Waals surface area contributed by atoms with Crippen molar-refractivity contribution in [1.82, 2.24) is 10.2 Å². The van der Waals surface area contributed by atoms with Crippen LogP contribution in [0.4, 0.5) is 11.5 Å². The van der Waals surface area contributed by atoms with E-state index < -0.39 is 0 Å². The number of aromatic nitrogens is 2. The first-order chi connectivity index (χ1) is 14.8. The number of benzene rings is 2. The molecule has 1 N–H and O–H groups in total. The Morgan fingerprint density at radius 2 is 1.83 bits per heavy atom. The van der Waals surface area contributed by atoms with Crippen molar-refractivity contribution in [1.29, 1.82) is 0 Å². The molecule has 2 aromatic carbocycles. The molecular formula is C23H24N4O2S. The van der Waals surface area contributed by atoms with Crippen molar-refractivity contribution in [3.63, 3.8) is 0 Å². The quantitative estimate of drug-likeness (QED) is 0.581. The van der Waals surface area contributed by atoms with E-state index in [-0.39, 0.29) is 5.91 Å². The molecule has 7 heteroatoms. The average molecular weight is 421 g/mol. The lowest BCUT2D eigenvalue weighted by molar-refractivity contribution is -0.115. The van der Waals surface area contributed by atoms with Crippen molar-refractivity contribution in [3.05, 3.63) is 66.7 Å². The molecule has 1 aromatic heterocycles. The first kappa shape index (κ1) is 20.4. The number of nitrogens with zero attached hydrogens (tertiary/aromatic N) is 3. The Hall–Kier alpha value is -2.90. The maximum atomic E-state index is 12.3. The van der Waals surface area contributed by atoms with Crippen molar-refractivity contribution in [2.24, 2.45) is 0 Å². The summed E-state index contributed by atoms with van der Waals surface area (Å²) in [6, 6.07) is 21.8. The molecule has 1 amide bonds. The number of amides is 1. The van der Waals surface area contributed by atoms with E-state index in [1.54, 1.807) is 11.8 Å². The number of thioether (sulfide) groups is 1. The molecule has 4 rings (SSSR count). The second-order valence-electron chi connectivity index (χ2n) is 6.92. The number of carbonyl (C=O) groups is 1. The minimum Gasteiger partial charge on any atom is -0.378 e. The zero-order valence-electron chi connectivity index (χ0n) is 16.7. The summed E-state index contributed by atoms with van der Waals surface area (Å²) in [5, 5.41) is 11.7. The van der Waals surface area contributed by atoms with Crippen LogP contribution in [0.2, 0.25) is 0 Å². The van der Waals surface area contributed by atoms with Crippen LogP contribution in [-0.2, 0) is 9.53 Å². The fourth-order valence-electron chi connectivity index (χ4n) is 3.20. The van der Waals surface area contributed by atoms with Crippen LogP contribution in [0.1, 0.15) is 6.42 Å². The van der Waals surface area contributed by atoms with Gasteiger partial charge in [0.25, 0.3) is 0 Å². The zero-order valence-corrected chi connectivity index (χ0v) is 17.5. The average Bonchev–Trinajstić information content (AvgIpc) is 2.81. The van der Waals surface area contributed by atoms with Crippen molar-refractivity contribution in [2.45, 2.75) is 11.3 Å². The van der Waals surface area contributed by atoms with Crippen molar-refractivity contribution < 1.29 is 9.53 Å². The molecule has 0 unspecified atom stereocenters. The molecule has 0 radical (unpaired) electrons. The molecule has 1 saturated heterocycles. The molecule has 1 fully saturated rings. The van der Waals surface area contributed by atoms with Gasteiger partial charge in [-0.25, -0.2) is 0 Å². The maximum absolute atomic E-state index is 12.3. The lowest BCUT2D eigenvalue weighted by Gasteiger charge is -2.27. The smallest absolute Gasteiger partial charge is 0.225 e. The van der Waals surface area contributed by atoms with Gasteiger partial charge in [-0.1, -0.05) is 30.3 Å². The van der Waals surface area contributed by atoms with E-state index >= 15 is 0 Å². The molecule has 0 aliphatic carbocycles. The second kappa shape index (κ2) is 10.2. The molecule has 30 heavy (non-hydrogen) atoms. The molecule has 0 spiro atoms. The molecule has 0 saturated carbocycles. The Kier molecular flexibility index (Phi) is 6.95. The van der Waals surface area contributed by atoms with Gasteiger partial charge in [0.15, 0.2) is 5.82 Å². The van der Waals surface area contributed by atoms with Crippen LogP contribution in [0.25, 0.3) is 11.3 Å². The van der Waals surface area contributed by atoms with Gasteiger partial charge < -0.3 is 15.0 Å². The standard InChI is InChI=1S/C23H24N4O2S/c28-23(11-16-30-20-7-2-1-3-8-20)24-19-6-4-5-18(17-19)21-9-10-22(26-25-21)27-12-14-29-15-13-27/h1-10,17H,11-16H2,(H,24,28). The Morgan fingerprint density at radius 1 is 1.00 bits per heavy atom. The number of carbonyl (C=O) groups excluding carboxylic acids is 1. The molecule has 0 bridgehead atoms. The first-order valence-electron chi connectivity index (χ1n) is 10.0. The van der Waals surface area contributed by atoms with E-state index in [4.69, 9.17) is 4.74 Å². The number of nitrogens with one attached hydrogen (secondary N) is 1. The van der Waals surface area contributed by atoms with E-state index in [2.05, 4.69) is 32.5 Å². The first-order valence-corrected chi connectivity index (χ1v) is 11.0. The predicted octanol–water partition coefficient (Wildman–Crippen LogP) is 4.10. The van der Waals surface area contributed by atoms with Gasteiger partial charge >= 0.3 is 0 Å². The Morgan fingerprint density at radius 3 is 2.60 bits per heavy atom. The molecule has 2 heterocycles. The number of rotatable bonds is 7. The van der Waals surface area contributed by atoms with Gasteiger partial charge in [-0.15, -0.1) is 22.0 Å². The lowest BCUT2D eigenvalue weighted by Crippen LogP contribution is -2.36. The minimum absolute atomic E-state index is 0.00401. The van der Waals surface area contributed by atoms with Crippen LogP contribution in [0.5, 0.6) is 0 Å². The summed E-state index contributed by atoms with van der Waals surface area (Å²) in [5.41, 5.74) is 2.47. The van der Waals surface area contributed by atoms with Gasteiger partial charge in [-0.05, 0) is 36.4 Å². The molecule has 6 nitrogen and oxygen atoms in total. The van der Waals surface area contributed by atoms with Crippen LogP contribution < -0.4 is 10.2 Å². The molecule has 1 aliphatic heterocycles. The maximum Gasteiger partial charge on any atom is 0.225 e. The number of anilines is 2. The zero-order chi connectivity index (χ0) is 20.6. The highest BCUT2D eigenvalue weighted by Crippen LogP contribution is 2.23. The summed E-state index contributed by atoms with van der Waals surface area (Å²) in [5.74, 6) is 1.61. The fourth-order valence-corrected chi connectivity index (χ4v) is 4.07. The number of ether oxygens (including phenoxy) is 1. The monoisotopic (exact) mass is 420 g/mol. The summed E-state index contributed by atoms with van der Waals surface area (Å²) in [6.45, 7) is 3.10. The highest BCUT2D eigenvalue weighted by molar-refractivity contribution is 7.99. The summed E-state index contributed by atoms with van der Waals surface area (Å²) in [7, 11) is 0. The molecule has 0 atom stereocenters.